The maximum Gasteiger partial charge on any atom is 0.323 e. The fourth-order valence-electron chi connectivity index (χ4n) is 1.70. The lowest BCUT2D eigenvalue weighted by molar-refractivity contribution is -0.141. The van der Waals surface area contributed by atoms with Crippen molar-refractivity contribution in [1.29, 1.82) is 0 Å². The summed E-state index contributed by atoms with van der Waals surface area (Å²) in [4.78, 5) is 10.7. The molecular weight excluding hydrogens is 194 g/mol. The number of aliphatic carboxylic acids is 1. The highest BCUT2D eigenvalue weighted by Crippen LogP contribution is 2.29. The van der Waals surface area contributed by atoms with Gasteiger partial charge in [-0.3, -0.25) is 4.79 Å². The van der Waals surface area contributed by atoms with E-state index in [1.54, 1.807) is 0 Å². The molecule has 1 rings (SSSR count). The Bertz CT molecular complexity index is 192. The average Bonchev–Trinajstić information content (AvgIpc) is 2.12. The van der Waals surface area contributed by atoms with Crippen molar-refractivity contribution in [3.63, 3.8) is 0 Å². The standard InChI is InChI=1S/C11H21NO3/c1-2-12-10(11(13)14)8-15-7-6-9-4-3-5-9/h9-10,12H,2-8H2,1H3,(H,13,14). The monoisotopic (exact) mass is 215 g/mol. The molecule has 1 unspecified atom stereocenters. The van der Waals surface area contributed by atoms with Crippen molar-refractivity contribution in [1.82, 2.24) is 5.32 Å². The Kier molecular flexibility index (Phi) is 5.65. The summed E-state index contributed by atoms with van der Waals surface area (Å²) in [5, 5.41) is 11.7. The maximum atomic E-state index is 10.7. The summed E-state index contributed by atoms with van der Waals surface area (Å²) in [7, 11) is 0. The SMILES string of the molecule is CCNC(COCCC1CCC1)C(=O)O. The first-order valence-corrected chi connectivity index (χ1v) is 5.78. The van der Waals surface area contributed by atoms with Crippen molar-refractivity contribution in [2.75, 3.05) is 19.8 Å². The van der Waals surface area contributed by atoms with Crippen molar-refractivity contribution in [3.05, 3.63) is 0 Å². The normalized spacial score (nSPS) is 18.5. The van der Waals surface area contributed by atoms with Gasteiger partial charge in [0.05, 0.1) is 6.61 Å². The van der Waals surface area contributed by atoms with Crippen molar-refractivity contribution in [3.8, 4) is 0 Å². The van der Waals surface area contributed by atoms with Gasteiger partial charge in [0.15, 0.2) is 0 Å². The van der Waals surface area contributed by atoms with Crippen LogP contribution in [0.1, 0.15) is 32.6 Å². The molecule has 88 valence electrons. The largest absolute Gasteiger partial charge is 0.480 e. The molecule has 0 heterocycles. The fraction of sp³-hybridized carbons (Fsp3) is 0.909. The molecular formula is C11H21NO3. The zero-order chi connectivity index (χ0) is 11.1. The van der Waals surface area contributed by atoms with Gasteiger partial charge in [0.1, 0.15) is 6.04 Å². The van der Waals surface area contributed by atoms with Gasteiger partial charge in [-0.15, -0.1) is 0 Å². The van der Waals surface area contributed by atoms with Gasteiger partial charge in [0.2, 0.25) is 0 Å². The summed E-state index contributed by atoms with van der Waals surface area (Å²) in [6.45, 7) is 3.52. The molecule has 0 radical (unpaired) electrons. The van der Waals surface area contributed by atoms with Crippen molar-refractivity contribution < 1.29 is 14.6 Å². The quantitative estimate of drug-likeness (QED) is 0.598. The molecule has 2 N–H and O–H groups in total. The summed E-state index contributed by atoms with van der Waals surface area (Å²) >= 11 is 0. The van der Waals surface area contributed by atoms with Crippen LogP contribution in [0, 0.1) is 5.92 Å². The molecule has 1 atom stereocenters. The van der Waals surface area contributed by atoms with Gasteiger partial charge in [0, 0.05) is 6.61 Å². The number of rotatable bonds is 8. The van der Waals surface area contributed by atoms with Gasteiger partial charge < -0.3 is 15.2 Å². The molecule has 0 aliphatic heterocycles. The summed E-state index contributed by atoms with van der Waals surface area (Å²) < 4.78 is 5.37. The zero-order valence-corrected chi connectivity index (χ0v) is 9.37. The topological polar surface area (TPSA) is 58.6 Å². The number of likely N-dealkylation sites (N-methyl/N-ethyl adjacent to an activating group) is 1. The number of carboxylic acids is 1. The third-order valence-electron chi connectivity index (χ3n) is 2.93. The van der Waals surface area contributed by atoms with E-state index in [1.165, 1.54) is 19.3 Å². The van der Waals surface area contributed by atoms with Crippen molar-refractivity contribution >= 4 is 5.97 Å². The third-order valence-corrected chi connectivity index (χ3v) is 2.93. The van der Waals surface area contributed by atoms with Crippen LogP contribution in [0.2, 0.25) is 0 Å². The lowest BCUT2D eigenvalue weighted by Crippen LogP contribution is -2.40. The molecule has 0 spiro atoms. The van der Waals surface area contributed by atoms with Crippen LogP contribution in [0.15, 0.2) is 0 Å². The van der Waals surface area contributed by atoms with Crippen LogP contribution in [-0.2, 0) is 9.53 Å². The highest BCUT2D eigenvalue weighted by Gasteiger charge is 2.18. The molecule has 0 aromatic heterocycles. The highest BCUT2D eigenvalue weighted by molar-refractivity contribution is 5.73. The van der Waals surface area contributed by atoms with E-state index in [-0.39, 0.29) is 6.61 Å². The molecule has 0 aromatic rings. The first-order chi connectivity index (χ1) is 7.24. The van der Waals surface area contributed by atoms with Gasteiger partial charge in [-0.2, -0.15) is 0 Å². The van der Waals surface area contributed by atoms with Gasteiger partial charge in [0.25, 0.3) is 0 Å². The Morgan fingerprint density at radius 3 is 2.80 bits per heavy atom. The second-order valence-electron chi connectivity index (χ2n) is 4.11. The first-order valence-electron chi connectivity index (χ1n) is 5.78. The summed E-state index contributed by atoms with van der Waals surface area (Å²) in [5.74, 6) is -0.00657. The Balaban J connectivity index is 2.02. The summed E-state index contributed by atoms with van der Waals surface area (Å²) in [5.41, 5.74) is 0. The molecule has 0 amide bonds. The first kappa shape index (κ1) is 12.5. The van der Waals surface area contributed by atoms with Crippen molar-refractivity contribution in [2.45, 2.75) is 38.6 Å². The Labute approximate surface area is 91.0 Å². The molecule has 15 heavy (non-hydrogen) atoms. The lowest BCUT2D eigenvalue weighted by atomic mass is 9.83. The molecule has 1 aliphatic rings. The summed E-state index contributed by atoms with van der Waals surface area (Å²) in [6.07, 6.45) is 5.07. The van der Waals surface area contributed by atoms with Gasteiger partial charge in [-0.25, -0.2) is 0 Å². The minimum absolute atomic E-state index is 0.274. The molecule has 4 nitrogen and oxygen atoms in total. The van der Waals surface area contributed by atoms with E-state index in [2.05, 4.69) is 5.32 Å². The molecule has 4 heteroatoms. The number of ether oxygens (including phenoxy) is 1. The van der Waals surface area contributed by atoms with Crippen LogP contribution in [-0.4, -0.2) is 36.9 Å². The second-order valence-corrected chi connectivity index (χ2v) is 4.11. The van der Waals surface area contributed by atoms with E-state index in [1.807, 2.05) is 6.92 Å². The summed E-state index contributed by atoms with van der Waals surface area (Å²) in [6, 6.07) is -0.559. The third kappa shape index (κ3) is 4.62. The van der Waals surface area contributed by atoms with Gasteiger partial charge in [-0.05, 0) is 18.9 Å². The average molecular weight is 215 g/mol. The molecule has 0 aromatic carbocycles. The Morgan fingerprint density at radius 1 is 1.60 bits per heavy atom. The van der Waals surface area contributed by atoms with Crippen LogP contribution in [0.4, 0.5) is 0 Å². The zero-order valence-electron chi connectivity index (χ0n) is 9.37. The number of hydrogen-bond acceptors (Lipinski definition) is 3. The van der Waals surface area contributed by atoms with E-state index in [4.69, 9.17) is 9.84 Å². The smallest absolute Gasteiger partial charge is 0.323 e. The van der Waals surface area contributed by atoms with Crippen LogP contribution in [0.25, 0.3) is 0 Å². The number of carboxylic acid groups (broad SMARTS) is 1. The van der Waals surface area contributed by atoms with E-state index in [9.17, 15) is 4.79 Å². The molecule has 1 fully saturated rings. The van der Waals surface area contributed by atoms with E-state index in [0.29, 0.717) is 13.2 Å². The fourth-order valence-corrected chi connectivity index (χ4v) is 1.70. The van der Waals surface area contributed by atoms with Crippen LogP contribution >= 0.6 is 0 Å². The minimum Gasteiger partial charge on any atom is -0.480 e. The minimum atomic E-state index is -0.833. The van der Waals surface area contributed by atoms with Crippen LogP contribution in [0.3, 0.4) is 0 Å². The molecule has 0 bridgehead atoms. The van der Waals surface area contributed by atoms with Crippen LogP contribution < -0.4 is 5.32 Å². The van der Waals surface area contributed by atoms with Gasteiger partial charge in [-0.1, -0.05) is 26.2 Å². The molecule has 0 saturated heterocycles. The van der Waals surface area contributed by atoms with Crippen molar-refractivity contribution in [2.24, 2.45) is 5.92 Å². The molecule has 1 aliphatic carbocycles. The Morgan fingerprint density at radius 2 is 2.33 bits per heavy atom. The number of hydrogen-bond donors (Lipinski definition) is 2. The lowest BCUT2D eigenvalue weighted by Gasteiger charge is -2.25. The van der Waals surface area contributed by atoms with E-state index in [0.717, 1.165) is 12.3 Å². The second kappa shape index (κ2) is 6.80. The van der Waals surface area contributed by atoms with E-state index < -0.39 is 12.0 Å². The van der Waals surface area contributed by atoms with Crippen LogP contribution in [0.5, 0.6) is 0 Å². The Hall–Kier alpha value is -0.610. The predicted octanol–water partition coefficient (Wildman–Crippen LogP) is 1.26. The molecule has 1 saturated carbocycles. The highest BCUT2D eigenvalue weighted by atomic mass is 16.5. The number of carbonyl (C=O) groups is 1. The van der Waals surface area contributed by atoms with Gasteiger partial charge >= 0.3 is 5.97 Å². The van der Waals surface area contributed by atoms with E-state index >= 15 is 0 Å². The number of nitrogens with one attached hydrogen (secondary N) is 1. The predicted molar refractivity (Wildman–Crippen MR) is 57.9 cm³/mol. The maximum absolute atomic E-state index is 10.7.